The van der Waals surface area contributed by atoms with E-state index >= 15 is 0 Å². The Kier molecular flexibility index (Phi) is 10.6. The van der Waals surface area contributed by atoms with Gasteiger partial charge in [-0.15, -0.1) is 0 Å². The Labute approximate surface area is 121 Å². The van der Waals surface area contributed by atoms with Crippen LogP contribution in [0, 0.1) is 5.92 Å². The van der Waals surface area contributed by atoms with Crippen LogP contribution in [0.1, 0.15) is 40.0 Å². The molecule has 2 nitrogen and oxygen atoms in total. The fourth-order valence-electron chi connectivity index (χ4n) is 1.97. The zero-order chi connectivity index (χ0) is 15.4. The largest absolute Gasteiger partial charge is 0.329 e. The molecule has 0 amide bonds. The van der Waals surface area contributed by atoms with Crippen molar-refractivity contribution in [1.82, 2.24) is 10.9 Å². The van der Waals surface area contributed by atoms with E-state index in [4.69, 9.17) is 0 Å². The smallest absolute Gasteiger partial charge is 0.157 e. The molecule has 1 atom stereocenters. The van der Waals surface area contributed by atoms with Crippen LogP contribution < -0.4 is 10.9 Å². The van der Waals surface area contributed by atoms with Crippen LogP contribution in [-0.2, 0) is 0 Å². The maximum Gasteiger partial charge on any atom is 0.157 e. The lowest BCUT2D eigenvalue weighted by atomic mass is 9.93. The minimum Gasteiger partial charge on any atom is -0.329 e. The average molecular weight is 284 g/mol. The van der Waals surface area contributed by atoms with Gasteiger partial charge in [-0.25, -0.2) is 14.2 Å². The van der Waals surface area contributed by atoms with Crippen molar-refractivity contribution in [2.45, 2.75) is 40.0 Å². The highest BCUT2D eigenvalue weighted by Gasteiger charge is 2.13. The van der Waals surface area contributed by atoms with Crippen LogP contribution in [0.25, 0.3) is 0 Å². The van der Waals surface area contributed by atoms with Crippen LogP contribution >= 0.6 is 0 Å². The molecule has 0 radical (unpaired) electrons. The zero-order valence-corrected chi connectivity index (χ0v) is 12.7. The number of nitrogens with one attached hydrogen (secondary N) is 2. The first-order valence-electron chi connectivity index (χ1n) is 6.96. The van der Waals surface area contributed by atoms with Crippen LogP contribution in [0.5, 0.6) is 0 Å². The maximum absolute atomic E-state index is 13.7. The second-order valence-electron chi connectivity index (χ2n) is 4.57. The van der Waals surface area contributed by atoms with Gasteiger partial charge in [-0.3, -0.25) is 0 Å². The number of hydrogen-bond donors (Lipinski definition) is 2. The molecule has 0 aromatic rings. The molecule has 0 bridgehead atoms. The number of rotatable bonds is 10. The molecule has 20 heavy (non-hydrogen) atoms. The van der Waals surface area contributed by atoms with Crippen molar-refractivity contribution < 1.29 is 8.78 Å². The van der Waals surface area contributed by atoms with Crippen molar-refractivity contribution in [2.75, 3.05) is 6.54 Å². The summed E-state index contributed by atoms with van der Waals surface area (Å²) >= 11 is 0. The predicted molar refractivity (Wildman–Crippen MR) is 82.2 cm³/mol. The zero-order valence-electron chi connectivity index (χ0n) is 12.7. The van der Waals surface area contributed by atoms with Crippen molar-refractivity contribution in [3.8, 4) is 0 Å². The van der Waals surface area contributed by atoms with Crippen molar-refractivity contribution in [3.63, 3.8) is 0 Å². The highest BCUT2D eigenvalue weighted by Crippen LogP contribution is 2.26. The summed E-state index contributed by atoms with van der Waals surface area (Å²) in [5.74, 6) is -1.27. The Morgan fingerprint density at radius 1 is 1.30 bits per heavy atom. The first kappa shape index (κ1) is 18.6. The molecule has 114 valence electrons. The van der Waals surface area contributed by atoms with Crippen LogP contribution in [0.4, 0.5) is 8.78 Å². The van der Waals surface area contributed by atoms with Crippen LogP contribution in [0.3, 0.4) is 0 Å². The van der Waals surface area contributed by atoms with E-state index in [2.05, 4.69) is 17.4 Å². The summed E-state index contributed by atoms with van der Waals surface area (Å²) in [7, 11) is 0. The van der Waals surface area contributed by atoms with Gasteiger partial charge in [-0.05, 0) is 51.5 Å². The van der Waals surface area contributed by atoms with Crippen molar-refractivity contribution in [3.05, 3.63) is 48.2 Å². The van der Waals surface area contributed by atoms with E-state index in [-0.39, 0.29) is 5.92 Å². The normalized spacial score (nSPS) is 15.2. The molecule has 0 spiro atoms. The molecule has 0 aromatic heterocycles. The lowest BCUT2D eigenvalue weighted by molar-refractivity contribution is 0.494. The Morgan fingerprint density at radius 2 is 2.00 bits per heavy atom. The highest BCUT2D eigenvalue weighted by molar-refractivity contribution is 5.27. The van der Waals surface area contributed by atoms with Gasteiger partial charge in [0, 0.05) is 12.7 Å². The van der Waals surface area contributed by atoms with Gasteiger partial charge in [-0.1, -0.05) is 24.8 Å². The van der Waals surface area contributed by atoms with Gasteiger partial charge in [0.25, 0.3) is 0 Å². The van der Waals surface area contributed by atoms with Gasteiger partial charge >= 0.3 is 0 Å². The quantitative estimate of drug-likeness (QED) is 0.263. The summed E-state index contributed by atoms with van der Waals surface area (Å²) < 4.78 is 26.6. The van der Waals surface area contributed by atoms with Gasteiger partial charge in [0.05, 0.1) is 0 Å². The molecule has 0 saturated carbocycles. The molecule has 1 unspecified atom stereocenters. The molecular formula is C16H26F2N2. The first-order chi connectivity index (χ1) is 9.56. The van der Waals surface area contributed by atoms with E-state index < -0.39 is 11.7 Å². The molecular weight excluding hydrogens is 258 g/mol. The summed E-state index contributed by atoms with van der Waals surface area (Å²) in [6.07, 6.45) is 9.59. The molecule has 0 aromatic carbocycles. The van der Waals surface area contributed by atoms with Crippen LogP contribution in [0.2, 0.25) is 0 Å². The molecule has 0 fully saturated rings. The van der Waals surface area contributed by atoms with Gasteiger partial charge < -0.3 is 5.43 Å². The van der Waals surface area contributed by atoms with Gasteiger partial charge in [0.2, 0.25) is 0 Å². The Bertz CT molecular complexity index is 367. The fourth-order valence-corrected chi connectivity index (χ4v) is 1.97. The molecule has 0 saturated heterocycles. The van der Waals surface area contributed by atoms with Crippen molar-refractivity contribution in [1.29, 1.82) is 0 Å². The van der Waals surface area contributed by atoms with Crippen LogP contribution in [0.15, 0.2) is 48.2 Å². The minimum atomic E-state index is -0.755. The number of hydrazine groups is 1. The molecule has 4 heteroatoms. The molecule has 0 aliphatic carbocycles. The summed E-state index contributed by atoms with van der Waals surface area (Å²) in [5, 5.41) is 0. The monoisotopic (exact) mass is 284 g/mol. The van der Waals surface area contributed by atoms with Gasteiger partial charge in [-0.2, -0.15) is 0 Å². The Morgan fingerprint density at radius 3 is 2.50 bits per heavy atom. The number of halogens is 2. The maximum atomic E-state index is 13.7. The van der Waals surface area contributed by atoms with E-state index in [0.717, 1.165) is 26.3 Å². The molecule has 0 rings (SSSR count). The van der Waals surface area contributed by atoms with Gasteiger partial charge in [0.1, 0.15) is 5.83 Å². The summed E-state index contributed by atoms with van der Waals surface area (Å²) in [5.41, 5.74) is 6.23. The van der Waals surface area contributed by atoms with Crippen LogP contribution in [-0.4, -0.2) is 6.54 Å². The molecule has 2 N–H and O–H groups in total. The third-order valence-corrected chi connectivity index (χ3v) is 2.96. The second-order valence-corrected chi connectivity index (χ2v) is 4.57. The van der Waals surface area contributed by atoms with E-state index in [1.54, 1.807) is 19.2 Å². The topological polar surface area (TPSA) is 24.1 Å². The summed E-state index contributed by atoms with van der Waals surface area (Å²) in [4.78, 5) is 0. The number of allylic oxidation sites excluding steroid dienone is 6. The SMILES string of the molecule is C=CNNCCCC(/C=C/C)CC(=C/C)/C(F)=C(\C)F. The Hall–Kier alpha value is -1.42. The minimum absolute atomic E-state index is 0.210. The average Bonchev–Trinajstić information content (AvgIpc) is 2.43. The van der Waals surface area contributed by atoms with Crippen molar-refractivity contribution >= 4 is 0 Å². The van der Waals surface area contributed by atoms with Gasteiger partial charge in [0.15, 0.2) is 5.83 Å². The predicted octanol–water partition coefficient (Wildman–Crippen LogP) is 4.70. The molecule has 0 heterocycles. The Balaban J connectivity index is 4.46. The van der Waals surface area contributed by atoms with E-state index in [0.29, 0.717) is 12.0 Å². The van der Waals surface area contributed by atoms with E-state index in [1.807, 2.05) is 19.1 Å². The second kappa shape index (κ2) is 11.4. The standard InChI is InChI=1S/C16H26F2N2/c1-5-9-14(10-8-11-20-19-7-3)12-15(6-2)16(18)13(4)17/h5-7,9,14,19-20H,3,8,10-12H2,1-2,4H3/b9-5+,15-6-,16-13-. The fraction of sp³-hybridized carbons (Fsp3) is 0.500. The number of hydrogen-bond acceptors (Lipinski definition) is 2. The lowest BCUT2D eigenvalue weighted by Gasteiger charge is -2.15. The van der Waals surface area contributed by atoms with Crippen molar-refractivity contribution in [2.24, 2.45) is 5.92 Å². The lowest BCUT2D eigenvalue weighted by Crippen LogP contribution is -2.27. The molecule has 0 aliphatic heterocycles. The van der Waals surface area contributed by atoms with E-state index in [9.17, 15) is 8.78 Å². The third kappa shape index (κ3) is 7.89. The first-order valence-corrected chi connectivity index (χ1v) is 6.96. The highest BCUT2D eigenvalue weighted by atomic mass is 19.2. The van der Waals surface area contributed by atoms with E-state index in [1.165, 1.54) is 0 Å². The third-order valence-electron chi connectivity index (χ3n) is 2.96. The summed E-state index contributed by atoms with van der Waals surface area (Å²) in [6, 6.07) is 0. The summed E-state index contributed by atoms with van der Waals surface area (Å²) in [6.45, 7) is 9.15. The molecule has 0 aliphatic rings.